The van der Waals surface area contributed by atoms with Crippen LogP contribution in [-0.4, -0.2) is 30.5 Å². The molecule has 0 amide bonds. The predicted molar refractivity (Wildman–Crippen MR) is 69.4 cm³/mol. The van der Waals surface area contributed by atoms with Gasteiger partial charge in [-0.05, 0) is 16.9 Å². The molecule has 1 aliphatic rings. The molecule has 106 valence electrons. The van der Waals surface area contributed by atoms with E-state index in [9.17, 15) is 13.2 Å². The number of carboxylic acids is 1. The van der Waals surface area contributed by atoms with Crippen LogP contribution in [0.1, 0.15) is 38.2 Å². The Morgan fingerprint density at radius 1 is 1.32 bits per heavy atom. The molecule has 0 aromatic carbocycles. The smallest absolute Gasteiger partial charge is 0.352 e. The number of carboxylic acid groups (broad SMARTS) is 1. The maximum Gasteiger partial charge on any atom is 0.352 e. The van der Waals surface area contributed by atoms with E-state index < -0.39 is 16.0 Å². The molecule has 1 fully saturated rings. The van der Waals surface area contributed by atoms with E-state index in [0.717, 1.165) is 6.07 Å². The lowest BCUT2D eigenvalue weighted by atomic mass is 10.0. The molecule has 0 radical (unpaired) electrons. The number of hydrogen-bond acceptors (Lipinski definition) is 3. The number of aromatic carboxylic acids is 1. The maximum absolute atomic E-state index is 12.2. The van der Waals surface area contributed by atoms with Gasteiger partial charge in [-0.25, -0.2) is 17.9 Å². The number of nitrogens with one attached hydrogen (secondary N) is 2. The summed E-state index contributed by atoms with van der Waals surface area (Å²) < 4.78 is 27.0. The van der Waals surface area contributed by atoms with Gasteiger partial charge in [0.15, 0.2) is 0 Å². The molecule has 0 atom stereocenters. The summed E-state index contributed by atoms with van der Waals surface area (Å²) in [4.78, 5) is 13.1. The second-order valence-electron chi connectivity index (χ2n) is 6.05. The van der Waals surface area contributed by atoms with Crippen molar-refractivity contribution in [3.63, 3.8) is 0 Å². The molecule has 0 bridgehead atoms. The minimum absolute atomic E-state index is 0.0524. The first-order valence-electron chi connectivity index (χ1n) is 5.94. The van der Waals surface area contributed by atoms with Gasteiger partial charge in [0.25, 0.3) is 0 Å². The first-order valence-corrected chi connectivity index (χ1v) is 7.42. The van der Waals surface area contributed by atoms with E-state index in [1.54, 1.807) is 0 Å². The van der Waals surface area contributed by atoms with Crippen molar-refractivity contribution in [2.75, 3.05) is 0 Å². The highest BCUT2D eigenvalue weighted by atomic mass is 32.2. The molecule has 1 aliphatic carbocycles. The Kier molecular flexibility index (Phi) is 2.84. The van der Waals surface area contributed by atoms with Gasteiger partial charge in [-0.15, -0.1) is 0 Å². The van der Waals surface area contributed by atoms with Crippen LogP contribution in [0.2, 0.25) is 0 Å². The van der Waals surface area contributed by atoms with Crippen molar-refractivity contribution in [1.29, 1.82) is 0 Å². The second kappa shape index (κ2) is 3.83. The average Bonchev–Trinajstić information content (AvgIpc) is 2.71. The Labute approximate surface area is 112 Å². The normalized spacial score (nSPS) is 21.3. The molecule has 7 heteroatoms. The van der Waals surface area contributed by atoms with Gasteiger partial charge in [0.1, 0.15) is 10.6 Å². The van der Waals surface area contributed by atoms with Gasteiger partial charge in [-0.2, -0.15) is 0 Å². The van der Waals surface area contributed by atoms with E-state index in [0.29, 0.717) is 0 Å². The largest absolute Gasteiger partial charge is 0.477 e. The fourth-order valence-corrected chi connectivity index (χ4v) is 3.89. The van der Waals surface area contributed by atoms with Gasteiger partial charge < -0.3 is 10.1 Å². The molecule has 1 saturated carbocycles. The molecule has 3 N–H and O–H groups in total. The third-order valence-electron chi connectivity index (χ3n) is 4.49. The van der Waals surface area contributed by atoms with Crippen LogP contribution in [0, 0.1) is 10.8 Å². The van der Waals surface area contributed by atoms with Crippen molar-refractivity contribution in [2.45, 2.75) is 38.6 Å². The number of sulfonamides is 1. The van der Waals surface area contributed by atoms with Crippen LogP contribution in [0.4, 0.5) is 0 Å². The Morgan fingerprint density at radius 3 is 2.21 bits per heavy atom. The molecule has 19 heavy (non-hydrogen) atoms. The van der Waals surface area contributed by atoms with E-state index in [1.807, 2.05) is 27.7 Å². The van der Waals surface area contributed by atoms with Crippen LogP contribution in [-0.2, 0) is 10.0 Å². The van der Waals surface area contributed by atoms with Crippen LogP contribution < -0.4 is 4.72 Å². The molecule has 0 aliphatic heterocycles. The summed E-state index contributed by atoms with van der Waals surface area (Å²) in [5.41, 5.74) is -0.382. The Hall–Kier alpha value is -1.34. The maximum atomic E-state index is 12.2. The Morgan fingerprint density at radius 2 is 1.84 bits per heavy atom. The van der Waals surface area contributed by atoms with Crippen molar-refractivity contribution in [3.05, 3.63) is 18.0 Å². The van der Waals surface area contributed by atoms with Gasteiger partial charge in [-0.1, -0.05) is 27.7 Å². The van der Waals surface area contributed by atoms with E-state index >= 15 is 0 Å². The van der Waals surface area contributed by atoms with Crippen LogP contribution in [0.25, 0.3) is 0 Å². The van der Waals surface area contributed by atoms with Crippen LogP contribution in [0.15, 0.2) is 17.2 Å². The highest BCUT2D eigenvalue weighted by Gasteiger charge is 2.66. The average molecular weight is 286 g/mol. The monoisotopic (exact) mass is 286 g/mol. The van der Waals surface area contributed by atoms with E-state index in [1.165, 1.54) is 6.20 Å². The standard InChI is InChI=1S/C12H18N2O4S/c1-11(2)10(12(11,3)4)14-19(17,18)7-5-8(9(15)16)13-6-7/h5-6,10,13-14H,1-4H3,(H,15,16). The molecule has 1 aromatic heterocycles. The van der Waals surface area contributed by atoms with E-state index in [-0.39, 0.29) is 27.5 Å². The number of carbonyl (C=O) groups is 1. The van der Waals surface area contributed by atoms with Crippen molar-refractivity contribution in [1.82, 2.24) is 9.71 Å². The minimum Gasteiger partial charge on any atom is -0.477 e. The van der Waals surface area contributed by atoms with Crippen LogP contribution in [0.3, 0.4) is 0 Å². The van der Waals surface area contributed by atoms with E-state index in [4.69, 9.17) is 5.11 Å². The fraction of sp³-hybridized carbons (Fsp3) is 0.583. The van der Waals surface area contributed by atoms with Gasteiger partial charge in [0.05, 0.1) is 0 Å². The molecule has 0 unspecified atom stereocenters. The lowest BCUT2D eigenvalue weighted by molar-refractivity contribution is 0.0691. The fourth-order valence-electron chi connectivity index (χ4n) is 2.37. The highest BCUT2D eigenvalue weighted by molar-refractivity contribution is 7.89. The predicted octanol–water partition coefficient (Wildman–Crippen LogP) is 1.43. The molecular formula is C12H18N2O4S. The summed E-state index contributed by atoms with van der Waals surface area (Å²) in [6.07, 6.45) is 1.19. The number of H-pyrrole nitrogens is 1. The second-order valence-corrected chi connectivity index (χ2v) is 7.77. The lowest BCUT2D eigenvalue weighted by Crippen LogP contribution is -2.29. The van der Waals surface area contributed by atoms with Crippen LogP contribution in [0.5, 0.6) is 0 Å². The van der Waals surface area contributed by atoms with Gasteiger partial charge >= 0.3 is 5.97 Å². The summed E-state index contributed by atoms with van der Waals surface area (Å²) >= 11 is 0. The zero-order valence-electron chi connectivity index (χ0n) is 11.3. The molecule has 6 nitrogen and oxygen atoms in total. The van der Waals surface area contributed by atoms with Crippen molar-refractivity contribution < 1.29 is 18.3 Å². The minimum atomic E-state index is -3.70. The van der Waals surface area contributed by atoms with Crippen LogP contribution >= 0.6 is 0 Å². The first-order chi connectivity index (χ1) is 8.50. The third kappa shape index (κ3) is 2.06. The highest BCUT2D eigenvalue weighted by Crippen LogP contribution is 2.62. The summed E-state index contributed by atoms with van der Waals surface area (Å²) in [6.45, 7) is 8.00. The first kappa shape index (κ1) is 14.1. The Balaban J connectivity index is 2.23. The quantitative estimate of drug-likeness (QED) is 0.779. The molecule has 1 aromatic rings. The SMILES string of the molecule is CC1(C)C(NS(=O)(=O)c2c[nH]c(C(=O)O)c2)C1(C)C. The van der Waals surface area contributed by atoms with Crippen molar-refractivity contribution in [3.8, 4) is 0 Å². The molecule has 0 saturated heterocycles. The van der Waals surface area contributed by atoms with Crippen molar-refractivity contribution in [2.24, 2.45) is 10.8 Å². The zero-order valence-corrected chi connectivity index (χ0v) is 12.1. The molecule has 0 spiro atoms. The molecular weight excluding hydrogens is 268 g/mol. The topological polar surface area (TPSA) is 99.3 Å². The van der Waals surface area contributed by atoms with Gasteiger partial charge in [-0.3, -0.25) is 0 Å². The van der Waals surface area contributed by atoms with Gasteiger partial charge in [0.2, 0.25) is 10.0 Å². The lowest BCUT2D eigenvalue weighted by Gasteiger charge is -2.06. The summed E-state index contributed by atoms with van der Waals surface area (Å²) in [5, 5.41) is 8.78. The number of hydrogen-bond donors (Lipinski definition) is 3. The number of aromatic amines is 1. The van der Waals surface area contributed by atoms with Crippen molar-refractivity contribution >= 4 is 16.0 Å². The number of aromatic nitrogens is 1. The third-order valence-corrected chi connectivity index (χ3v) is 5.89. The number of rotatable bonds is 4. The summed E-state index contributed by atoms with van der Waals surface area (Å²) in [5.74, 6) is -1.19. The summed E-state index contributed by atoms with van der Waals surface area (Å²) in [7, 11) is -3.70. The Bertz CT molecular complexity index is 614. The zero-order chi connectivity index (χ0) is 14.6. The van der Waals surface area contributed by atoms with E-state index in [2.05, 4.69) is 9.71 Å². The van der Waals surface area contributed by atoms with Gasteiger partial charge in [0, 0.05) is 12.2 Å². The molecule has 2 rings (SSSR count). The molecule has 1 heterocycles. The summed E-state index contributed by atoms with van der Waals surface area (Å²) in [6, 6.07) is 0.959.